The Labute approximate surface area is 132 Å². The van der Waals surface area contributed by atoms with Crippen LogP contribution in [0, 0.1) is 5.82 Å². The van der Waals surface area contributed by atoms with E-state index in [1.807, 2.05) is 0 Å². The molecule has 0 saturated carbocycles. The number of halogens is 3. The highest BCUT2D eigenvalue weighted by atomic mass is 79.9. The number of hydrogen-bond donors (Lipinski definition) is 2. The molecule has 116 valence electrons. The number of benzene rings is 1. The van der Waals surface area contributed by atoms with E-state index < -0.39 is 15.8 Å². The van der Waals surface area contributed by atoms with Gasteiger partial charge in [-0.1, -0.05) is 0 Å². The van der Waals surface area contributed by atoms with Crippen molar-refractivity contribution in [2.24, 2.45) is 0 Å². The number of sulfonamides is 1. The van der Waals surface area contributed by atoms with Gasteiger partial charge in [0.15, 0.2) is 0 Å². The van der Waals surface area contributed by atoms with Crippen molar-refractivity contribution in [2.75, 3.05) is 33.4 Å². The monoisotopic (exact) mass is 390 g/mol. The quantitative estimate of drug-likeness (QED) is 0.660. The minimum Gasteiger partial charge on any atom is -0.383 e. The van der Waals surface area contributed by atoms with E-state index in [-0.39, 0.29) is 28.3 Å². The molecule has 0 spiro atoms. The van der Waals surface area contributed by atoms with E-state index in [0.29, 0.717) is 19.7 Å². The zero-order valence-corrected chi connectivity index (χ0v) is 14.1. The van der Waals surface area contributed by atoms with Crippen LogP contribution in [0.25, 0.3) is 0 Å². The second-order valence-corrected chi connectivity index (χ2v) is 6.31. The molecular formula is C11H17BrClFN2O3S. The lowest BCUT2D eigenvalue weighted by Gasteiger charge is -2.09. The summed E-state index contributed by atoms with van der Waals surface area (Å²) in [6.45, 7) is 1.95. The number of ether oxygens (including phenoxy) is 1. The maximum atomic E-state index is 12.9. The topological polar surface area (TPSA) is 67.4 Å². The summed E-state index contributed by atoms with van der Waals surface area (Å²) in [5.41, 5.74) is 0. The van der Waals surface area contributed by atoms with Gasteiger partial charge in [0.05, 0.1) is 11.5 Å². The molecular weight excluding hydrogens is 375 g/mol. The van der Waals surface area contributed by atoms with Gasteiger partial charge in [-0.05, 0) is 34.1 Å². The zero-order chi connectivity index (χ0) is 14.3. The first kappa shape index (κ1) is 19.8. The Bertz CT molecular complexity index is 516. The molecule has 1 aromatic carbocycles. The standard InChI is InChI=1S/C11H16BrFN2O3S.ClH/c1-18-7-6-14-4-5-15-19(16,17)11-3-2-9(13)8-10(11)12;/h2-3,8,14-15H,4-7H2,1H3;1H. The van der Waals surface area contributed by atoms with Crippen molar-refractivity contribution < 1.29 is 17.5 Å². The first-order valence-electron chi connectivity index (χ1n) is 5.62. The van der Waals surface area contributed by atoms with Crippen molar-refractivity contribution in [3.05, 3.63) is 28.5 Å². The van der Waals surface area contributed by atoms with E-state index >= 15 is 0 Å². The lowest BCUT2D eigenvalue weighted by Crippen LogP contribution is -2.33. The zero-order valence-electron chi connectivity index (χ0n) is 10.9. The highest BCUT2D eigenvalue weighted by molar-refractivity contribution is 9.10. The van der Waals surface area contributed by atoms with Crippen molar-refractivity contribution in [3.8, 4) is 0 Å². The fraction of sp³-hybridized carbons (Fsp3) is 0.455. The van der Waals surface area contributed by atoms with E-state index in [1.54, 1.807) is 7.11 Å². The molecule has 0 aliphatic carbocycles. The Hall–Kier alpha value is -0.250. The summed E-state index contributed by atoms with van der Waals surface area (Å²) in [7, 11) is -2.04. The third-order valence-electron chi connectivity index (χ3n) is 2.26. The van der Waals surface area contributed by atoms with Gasteiger partial charge >= 0.3 is 0 Å². The van der Waals surface area contributed by atoms with Crippen LogP contribution in [0.2, 0.25) is 0 Å². The van der Waals surface area contributed by atoms with Crippen LogP contribution in [0.1, 0.15) is 0 Å². The minimum absolute atomic E-state index is 0. The number of hydrogen-bond acceptors (Lipinski definition) is 4. The Balaban J connectivity index is 0.00000361. The van der Waals surface area contributed by atoms with E-state index in [9.17, 15) is 12.8 Å². The summed E-state index contributed by atoms with van der Waals surface area (Å²) in [5.74, 6) is -0.493. The van der Waals surface area contributed by atoms with Crippen LogP contribution in [0.5, 0.6) is 0 Å². The lowest BCUT2D eigenvalue weighted by atomic mass is 10.3. The molecule has 0 fully saturated rings. The van der Waals surface area contributed by atoms with Crippen molar-refractivity contribution >= 4 is 38.4 Å². The predicted octanol–water partition coefficient (Wildman–Crippen LogP) is 1.52. The first-order valence-corrected chi connectivity index (χ1v) is 7.89. The molecule has 0 unspecified atom stereocenters. The van der Waals surface area contributed by atoms with Gasteiger partial charge in [-0.2, -0.15) is 0 Å². The second-order valence-electron chi connectivity index (χ2n) is 3.72. The van der Waals surface area contributed by atoms with Gasteiger partial charge in [0, 0.05) is 31.2 Å². The van der Waals surface area contributed by atoms with Crippen molar-refractivity contribution in [2.45, 2.75) is 4.90 Å². The van der Waals surface area contributed by atoms with Gasteiger partial charge < -0.3 is 10.1 Å². The van der Waals surface area contributed by atoms with Crippen molar-refractivity contribution in [1.29, 1.82) is 0 Å². The molecule has 0 aromatic heterocycles. The van der Waals surface area contributed by atoms with E-state index in [0.717, 1.165) is 12.1 Å². The minimum atomic E-state index is -3.64. The Morgan fingerprint density at radius 1 is 1.30 bits per heavy atom. The van der Waals surface area contributed by atoms with Crippen LogP contribution < -0.4 is 10.0 Å². The maximum Gasteiger partial charge on any atom is 0.241 e. The van der Waals surface area contributed by atoms with Crippen LogP contribution in [-0.2, 0) is 14.8 Å². The van der Waals surface area contributed by atoms with Crippen molar-refractivity contribution in [1.82, 2.24) is 10.0 Å². The molecule has 20 heavy (non-hydrogen) atoms. The predicted molar refractivity (Wildman–Crippen MR) is 81.3 cm³/mol. The molecule has 0 saturated heterocycles. The Morgan fingerprint density at radius 2 is 2.00 bits per heavy atom. The maximum absolute atomic E-state index is 12.9. The first-order chi connectivity index (χ1) is 8.97. The number of methoxy groups -OCH3 is 1. The molecule has 0 aliphatic heterocycles. The van der Waals surface area contributed by atoms with Gasteiger partial charge in [0.1, 0.15) is 5.82 Å². The van der Waals surface area contributed by atoms with Crippen LogP contribution in [-0.4, -0.2) is 41.8 Å². The molecule has 5 nitrogen and oxygen atoms in total. The molecule has 2 N–H and O–H groups in total. The Kier molecular flexibility index (Phi) is 9.52. The fourth-order valence-corrected chi connectivity index (χ4v) is 3.42. The van der Waals surface area contributed by atoms with E-state index in [4.69, 9.17) is 4.74 Å². The molecule has 0 amide bonds. The average Bonchev–Trinajstić information content (AvgIpc) is 2.33. The van der Waals surface area contributed by atoms with Gasteiger partial charge in [-0.15, -0.1) is 12.4 Å². The molecule has 9 heteroatoms. The smallest absolute Gasteiger partial charge is 0.241 e. The summed E-state index contributed by atoms with van der Waals surface area (Å²) < 4.78 is 44.2. The third-order valence-corrected chi connectivity index (χ3v) is 4.70. The normalized spacial score (nSPS) is 11.2. The summed E-state index contributed by atoms with van der Waals surface area (Å²) in [6, 6.07) is 3.45. The van der Waals surface area contributed by atoms with E-state index in [1.165, 1.54) is 6.07 Å². The molecule has 0 radical (unpaired) electrons. The highest BCUT2D eigenvalue weighted by Gasteiger charge is 2.17. The lowest BCUT2D eigenvalue weighted by molar-refractivity contribution is 0.199. The summed E-state index contributed by atoms with van der Waals surface area (Å²) in [4.78, 5) is 0.0193. The molecule has 1 rings (SSSR count). The summed E-state index contributed by atoms with van der Waals surface area (Å²) in [6.07, 6.45) is 0. The van der Waals surface area contributed by atoms with Crippen LogP contribution in [0.15, 0.2) is 27.6 Å². The van der Waals surface area contributed by atoms with Crippen LogP contribution in [0.4, 0.5) is 4.39 Å². The Morgan fingerprint density at radius 3 is 2.60 bits per heavy atom. The average molecular weight is 392 g/mol. The van der Waals surface area contributed by atoms with Crippen LogP contribution >= 0.6 is 28.3 Å². The molecule has 0 heterocycles. The SMILES string of the molecule is COCCNCCNS(=O)(=O)c1ccc(F)cc1Br.Cl. The number of nitrogens with one attached hydrogen (secondary N) is 2. The van der Waals surface area contributed by atoms with Gasteiger partial charge in [-0.3, -0.25) is 0 Å². The van der Waals surface area contributed by atoms with E-state index in [2.05, 4.69) is 26.0 Å². The van der Waals surface area contributed by atoms with Gasteiger partial charge in [-0.25, -0.2) is 17.5 Å². The largest absolute Gasteiger partial charge is 0.383 e. The summed E-state index contributed by atoms with van der Waals surface area (Å²) >= 11 is 3.03. The fourth-order valence-electron chi connectivity index (χ4n) is 1.34. The highest BCUT2D eigenvalue weighted by Crippen LogP contribution is 2.22. The third kappa shape index (κ3) is 6.47. The molecule has 0 atom stereocenters. The molecule has 1 aromatic rings. The molecule has 0 aliphatic rings. The van der Waals surface area contributed by atoms with Crippen LogP contribution in [0.3, 0.4) is 0 Å². The second kappa shape index (κ2) is 9.64. The number of rotatable bonds is 8. The molecule has 0 bridgehead atoms. The summed E-state index contributed by atoms with van der Waals surface area (Å²) in [5, 5.41) is 3.01. The van der Waals surface area contributed by atoms with Gasteiger partial charge in [0.2, 0.25) is 10.0 Å². The van der Waals surface area contributed by atoms with Crippen molar-refractivity contribution in [3.63, 3.8) is 0 Å². The van der Waals surface area contributed by atoms with Gasteiger partial charge in [0.25, 0.3) is 0 Å².